The number of aryl methyl sites for hydroxylation is 1. The van der Waals surface area contributed by atoms with E-state index in [1.165, 1.54) is 0 Å². The zero-order chi connectivity index (χ0) is 19.4. The Balaban J connectivity index is 1.99. The summed E-state index contributed by atoms with van der Waals surface area (Å²) in [5.74, 6) is -1.02. The number of benzene rings is 2. The molecular weight excluding hydrogens is 344 g/mol. The maximum atomic E-state index is 12.7. The van der Waals surface area contributed by atoms with Gasteiger partial charge in [-0.3, -0.25) is 19.0 Å². The van der Waals surface area contributed by atoms with Gasteiger partial charge in [0.15, 0.2) is 0 Å². The molecule has 0 spiro atoms. The summed E-state index contributed by atoms with van der Waals surface area (Å²) in [6, 6.07) is 16.2. The van der Waals surface area contributed by atoms with Crippen LogP contribution in [-0.2, 0) is 11.3 Å². The van der Waals surface area contributed by atoms with Crippen LogP contribution in [0.25, 0.3) is 11.4 Å². The van der Waals surface area contributed by atoms with Gasteiger partial charge in [-0.05, 0) is 24.6 Å². The Labute approximate surface area is 155 Å². The van der Waals surface area contributed by atoms with Crippen LogP contribution in [0.3, 0.4) is 0 Å². The molecule has 0 aliphatic heterocycles. The van der Waals surface area contributed by atoms with Crippen molar-refractivity contribution in [1.29, 1.82) is 0 Å². The summed E-state index contributed by atoms with van der Waals surface area (Å²) in [7, 11) is 0. The molecule has 2 amide bonds. The maximum absolute atomic E-state index is 12.7. The van der Waals surface area contributed by atoms with Gasteiger partial charge in [0.05, 0.1) is 0 Å². The van der Waals surface area contributed by atoms with Crippen molar-refractivity contribution in [1.82, 2.24) is 9.55 Å². The van der Waals surface area contributed by atoms with E-state index in [1.807, 2.05) is 31.2 Å². The molecular formula is C20H18N4O3. The van der Waals surface area contributed by atoms with E-state index < -0.39 is 17.4 Å². The van der Waals surface area contributed by atoms with Crippen LogP contribution >= 0.6 is 0 Å². The van der Waals surface area contributed by atoms with Crippen LogP contribution in [0.1, 0.15) is 15.9 Å². The molecule has 27 heavy (non-hydrogen) atoms. The summed E-state index contributed by atoms with van der Waals surface area (Å²) < 4.78 is 1.15. The van der Waals surface area contributed by atoms with Gasteiger partial charge < -0.3 is 11.1 Å². The number of aromatic nitrogens is 2. The summed E-state index contributed by atoms with van der Waals surface area (Å²) in [5.41, 5.74) is 6.59. The minimum Gasteiger partial charge on any atom is -0.365 e. The number of rotatable bonds is 5. The molecule has 0 saturated carbocycles. The second-order valence-electron chi connectivity index (χ2n) is 6.03. The first kappa shape index (κ1) is 18.1. The predicted octanol–water partition coefficient (Wildman–Crippen LogP) is 1.96. The number of amides is 2. The van der Waals surface area contributed by atoms with Gasteiger partial charge in [0.25, 0.3) is 11.5 Å². The molecule has 3 aromatic rings. The van der Waals surface area contributed by atoms with Crippen molar-refractivity contribution in [3.05, 3.63) is 82.3 Å². The molecule has 2 aromatic carbocycles. The second-order valence-corrected chi connectivity index (χ2v) is 6.03. The molecule has 7 nitrogen and oxygen atoms in total. The molecule has 0 fully saturated rings. The lowest BCUT2D eigenvalue weighted by Crippen LogP contribution is -2.34. The van der Waals surface area contributed by atoms with E-state index in [9.17, 15) is 14.4 Å². The van der Waals surface area contributed by atoms with Gasteiger partial charge in [0.1, 0.15) is 17.9 Å². The van der Waals surface area contributed by atoms with E-state index in [0.29, 0.717) is 11.3 Å². The lowest BCUT2D eigenvalue weighted by atomic mass is 10.2. The number of carbonyl (C=O) groups is 2. The van der Waals surface area contributed by atoms with Gasteiger partial charge in [-0.15, -0.1) is 0 Å². The summed E-state index contributed by atoms with van der Waals surface area (Å²) in [4.78, 5) is 40.9. The highest BCUT2D eigenvalue weighted by molar-refractivity contribution is 5.93. The molecule has 1 aromatic heterocycles. The van der Waals surface area contributed by atoms with Crippen LogP contribution in [0.5, 0.6) is 0 Å². The third kappa shape index (κ3) is 4.09. The van der Waals surface area contributed by atoms with Crippen molar-refractivity contribution in [2.75, 3.05) is 5.32 Å². The van der Waals surface area contributed by atoms with Crippen molar-refractivity contribution in [2.45, 2.75) is 13.5 Å². The van der Waals surface area contributed by atoms with Gasteiger partial charge in [-0.2, -0.15) is 0 Å². The third-order valence-electron chi connectivity index (χ3n) is 3.95. The molecule has 0 saturated heterocycles. The first-order chi connectivity index (χ1) is 13.0. The Morgan fingerprint density at radius 1 is 1.11 bits per heavy atom. The van der Waals surface area contributed by atoms with Crippen molar-refractivity contribution in [3.8, 4) is 11.4 Å². The first-order valence-corrected chi connectivity index (χ1v) is 8.27. The molecule has 7 heteroatoms. The molecule has 3 N–H and O–H groups in total. The first-order valence-electron chi connectivity index (χ1n) is 8.27. The zero-order valence-electron chi connectivity index (χ0n) is 14.7. The molecule has 1 heterocycles. The molecule has 3 rings (SSSR count). The smallest absolute Gasteiger partial charge is 0.267 e. The van der Waals surface area contributed by atoms with Crippen molar-refractivity contribution in [3.63, 3.8) is 0 Å². The molecule has 0 bridgehead atoms. The summed E-state index contributed by atoms with van der Waals surface area (Å²) in [6.07, 6.45) is 1.14. The summed E-state index contributed by atoms with van der Waals surface area (Å²) in [5, 5.41) is 2.74. The Kier molecular flexibility index (Phi) is 5.12. The van der Waals surface area contributed by atoms with Gasteiger partial charge >= 0.3 is 0 Å². The number of nitrogens with one attached hydrogen (secondary N) is 1. The number of anilines is 1. The van der Waals surface area contributed by atoms with Crippen LogP contribution in [0, 0.1) is 6.92 Å². The quantitative estimate of drug-likeness (QED) is 0.723. The van der Waals surface area contributed by atoms with E-state index in [2.05, 4.69) is 10.3 Å². The third-order valence-corrected chi connectivity index (χ3v) is 3.95. The lowest BCUT2D eigenvalue weighted by molar-refractivity contribution is -0.116. The van der Waals surface area contributed by atoms with E-state index in [-0.39, 0.29) is 17.9 Å². The van der Waals surface area contributed by atoms with Crippen molar-refractivity contribution >= 4 is 17.5 Å². The number of carbonyl (C=O) groups excluding carboxylic acids is 2. The Morgan fingerprint density at radius 3 is 2.52 bits per heavy atom. The van der Waals surface area contributed by atoms with Gasteiger partial charge in [-0.25, -0.2) is 4.98 Å². The average Bonchev–Trinajstić information content (AvgIpc) is 2.63. The topological polar surface area (TPSA) is 107 Å². The normalized spacial score (nSPS) is 10.4. The molecule has 136 valence electrons. The monoisotopic (exact) mass is 362 g/mol. The van der Waals surface area contributed by atoms with Crippen LogP contribution in [0.15, 0.2) is 65.6 Å². The molecule has 0 aliphatic carbocycles. The SMILES string of the molecule is Cc1cccc(NC(=O)Cn2c(-c3ccccc3)ncc(C(N)=O)c2=O)c1. The Bertz CT molecular complexity index is 1060. The van der Waals surface area contributed by atoms with Gasteiger partial charge in [0, 0.05) is 17.4 Å². The fourth-order valence-electron chi connectivity index (χ4n) is 2.69. The van der Waals surface area contributed by atoms with Crippen LogP contribution in [-0.4, -0.2) is 21.4 Å². The largest absolute Gasteiger partial charge is 0.365 e. The van der Waals surface area contributed by atoms with E-state index >= 15 is 0 Å². The Hall–Kier alpha value is -3.74. The zero-order valence-corrected chi connectivity index (χ0v) is 14.7. The fraction of sp³-hybridized carbons (Fsp3) is 0.100. The van der Waals surface area contributed by atoms with Gasteiger partial charge in [0.2, 0.25) is 5.91 Å². The van der Waals surface area contributed by atoms with Gasteiger partial charge in [-0.1, -0.05) is 42.5 Å². The molecule has 0 unspecified atom stereocenters. The van der Waals surface area contributed by atoms with Crippen molar-refractivity contribution in [2.24, 2.45) is 5.73 Å². The number of primary amides is 1. The number of hydrogen-bond acceptors (Lipinski definition) is 4. The highest BCUT2D eigenvalue weighted by atomic mass is 16.2. The van der Waals surface area contributed by atoms with Crippen LogP contribution in [0.2, 0.25) is 0 Å². The average molecular weight is 362 g/mol. The van der Waals surface area contributed by atoms with Crippen molar-refractivity contribution < 1.29 is 9.59 Å². The van der Waals surface area contributed by atoms with E-state index in [1.54, 1.807) is 30.3 Å². The van der Waals surface area contributed by atoms with E-state index in [0.717, 1.165) is 16.3 Å². The molecule has 0 aliphatic rings. The summed E-state index contributed by atoms with van der Waals surface area (Å²) >= 11 is 0. The predicted molar refractivity (Wildman–Crippen MR) is 102 cm³/mol. The Morgan fingerprint density at radius 2 is 1.85 bits per heavy atom. The standard InChI is InChI=1S/C20H18N4O3/c1-13-6-5-9-15(10-13)23-17(25)12-24-19(14-7-3-2-4-8-14)22-11-16(18(21)26)20(24)27/h2-11H,12H2,1H3,(H2,21,26)(H,23,25). The molecule has 0 atom stereocenters. The fourth-order valence-corrected chi connectivity index (χ4v) is 2.69. The van der Waals surface area contributed by atoms with E-state index in [4.69, 9.17) is 5.73 Å². The highest BCUT2D eigenvalue weighted by Gasteiger charge is 2.17. The minimum atomic E-state index is -0.889. The minimum absolute atomic E-state index is 0.266. The summed E-state index contributed by atoms with van der Waals surface area (Å²) in [6.45, 7) is 1.61. The maximum Gasteiger partial charge on any atom is 0.267 e. The number of hydrogen-bond donors (Lipinski definition) is 2. The molecule has 0 radical (unpaired) electrons. The number of nitrogens with two attached hydrogens (primary N) is 1. The second kappa shape index (κ2) is 7.65. The van der Waals surface area contributed by atoms with Crippen LogP contribution in [0.4, 0.5) is 5.69 Å². The van der Waals surface area contributed by atoms with Crippen LogP contribution < -0.4 is 16.6 Å². The highest BCUT2D eigenvalue weighted by Crippen LogP contribution is 2.16. The lowest BCUT2D eigenvalue weighted by Gasteiger charge is -2.13. The number of nitrogens with zero attached hydrogens (tertiary/aromatic N) is 2.